The summed E-state index contributed by atoms with van der Waals surface area (Å²) < 4.78 is 6.15. The Morgan fingerprint density at radius 2 is 2.19 bits per heavy atom. The lowest BCUT2D eigenvalue weighted by Gasteiger charge is -2.20. The first-order valence-corrected chi connectivity index (χ1v) is 5.88. The van der Waals surface area contributed by atoms with Gasteiger partial charge in [-0.05, 0) is 37.3 Å². The lowest BCUT2D eigenvalue weighted by molar-refractivity contribution is -0.382. The topological polar surface area (TPSA) is 137 Å². The molecular weight excluding hydrogens is 282 g/mol. The average Bonchev–Trinajstić information content (AvgIpc) is 2.80. The van der Waals surface area contributed by atoms with E-state index in [4.69, 9.17) is 4.74 Å². The van der Waals surface area contributed by atoms with E-state index in [0.717, 1.165) is 4.52 Å². The predicted octanol–water partition coefficient (Wildman–Crippen LogP) is 0.884. The van der Waals surface area contributed by atoms with Gasteiger partial charge in [-0.2, -0.15) is 4.52 Å². The molecule has 0 aromatic carbocycles. The second-order valence-corrected chi connectivity index (χ2v) is 5.03. The molecule has 0 aliphatic rings. The fourth-order valence-corrected chi connectivity index (χ4v) is 1.50. The van der Waals surface area contributed by atoms with Crippen LogP contribution in [0.2, 0.25) is 0 Å². The third-order valence-corrected chi connectivity index (χ3v) is 2.22. The van der Waals surface area contributed by atoms with E-state index in [0.29, 0.717) is 0 Å². The average molecular weight is 295 g/mol. The molecule has 0 atom stereocenters. The monoisotopic (exact) mass is 295 g/mol. The number of nitrogens with one attached hydrogen (secondary N) is 2. The molecule has 11 nitrogen and oxygen atoms in total. The van der Waals surface area contributed by atoms with Crippen molar-refractivity contribution in [3.05, 3.63) is 22.4 Å². The number of ether oxygens (including phenoxy) is 1. The Morgan fingerprint density at radius 1 is 1.48 bits per heavy atom. The van der Waals surface area contributed by atoms with Gasteiger partial charge in [-0.25, -0.2) is 10.2 Å². The van der Waals surface area contributed by atoms with Crippen molar-refractivity contribution in [3.8, 4) is 0 Å². The normalized spacial score (nSPS) is 11.2. The highest BCUT2D eigenvalue weighted by molar-refractivity contribution is 5.77. The van der Waals surface area contributed by atoms with E-state index in [2.05, 4.69) is 26.4 Å². The van der Waals surface area contributed by atoms with Crippen molar-refractivity contribution in [2.45, 2.75) is 26.4 Å². The van der Waals surface area contributed by atoms with Gasteiger partial charge in [0.15, 0.2) is 0 Å². The molecule has 0 unspecified atom stereocenters. The number of tetrazole rings is 1. The van der Waals surface area contributed by atoms with Crippen LogP contribution in [0.25, 0.3) is 5.65 Å². The second kappa shape index (κ2) is 5.19. The summed E-state index contributed by atoms with van der Waals surface area (Å²) in [6, 6.07) is 1.36. The van der Waals surface area contributed by atoms with Crippen molar-refractivity contribution in [1.82, 2.24) is 25.5 Å². The Kier molecular flexibility index (Phi) is 3.56. The largest absolute Gasteiger partial charge is 0.443 e. The van der Waals surface area contributed by atoms with E-state index in [-0.39, 0.29) is 17.0 Å². The second-order valence-electron chi connectivity index (χ2n) is 5.03. The Bertz CT molecular complexity index is 690. The lowest BCUT2D eigenvalue weighted by atomic mass is 10.2. The molecule has 1 amide bonds. The molecule has 0 saturated carbocycles. The number of hydrazine groups is 1. The molecule has 21 heavy (non-hydrogen) atoms. The van der Waals surface area contributed by atoms with E-state index in [1.165, 1.54) is 12.3 Å². The summed E-state index contributed by atoms with van der Waals surface area (Å²) in [6.07, 6.45) is 0.651. The van der Waals surface area contributed by atoms with Crippen molar-refractivity contribution in [1.29, 1.82) is 0 Å². The molecular formula is C10H13N7O4. The molecule has 11 heteroatoms. The van der Waals surface area contributed by atoms with Gasteiger partial charge in [0, 0.05) is 6.20 Å². The number of amides is 1. The first-order valence-electron chi connectivity index (χ1n) is 5.88. The van der Waals surface area contributed by atoms with E-state index < -0.39 is 16.6 Å². The molecule has 2 heterocycles. The third-order valence-electron chi connectivity index (χ3n) is 2.22. The number of nitro groups is 1. The Balaban J connectivity index is 2.20. The smallest absolute Gasteiger partial charge is 0.426 e. The van der Waals surface area contributed by atoms with Gasteiger partial charge in [0.2, 0.25) is 0 Å². The number of anilines is 1. The molecule has 0 fully saturated rings. The zero-order chi connectivity index (χ0) is 15.6. The fraction of sp³-hybridized carbons (Fsp3) is 0.400. The molecule has 112 valence electrons. The maximum Gasteiger partial charge on any atom is 0.426 e. The van der Waals surface area contributed by atoms with Crippen LogP contribution in [0, 0.1) is 10.1 Å². The highest BCUT2D eigenvalue weighted by Crippen LogP contribution is 2.26. The number of carbonyl (C=O) groups excluding carboxylic acids is 1. The first kappa shape index (κ1) is 14.4. The van der Waals surface area contributed by atoms with Crippen molar-refractivity contribution in [2.24, 2.45) is 0 Å². The number of hydrogen-bond acceptors (Lipinski definition) is 8. The van der Waals surface area contributed by atoms with E-state index in [1.54, 1.807) is 20.8 Å². The van der Waals surface area contributed by atoms with E-state index >= 15 is 0 Å². The van der Waals surface area contributed by atoms with Crippen LogP contribution in [0.4, 0.5) is 16.2 Å². The number of pyridine rings is 1. The number of nitrogens with zero attached hydrogens (tertiary/aromatic N) is 5. The Labute approximate surface area is 118 Å². The van der Waals surface area contributed by atoms with Crippen LogP contribution < -0.4 is 10.9 Å². The molecule has 0 aliphatic heterocycles. The van der Waals surface area contributed by atoms with Crippen LogP contribution in [0.15, 0.2) is 12.3 Å². The SMILES string of the molecule is CC(C)(C)OC(=O)NNc1ccn2nnnc2c1[N+](=O)[O-]. The highest BCUT2D eigenvalue weighted by Gasteiger charge is 2.23. The van der Waals surface area contributed by atoms with Crippen molar-refractivity contribution in [2.75, 3.05) is 5.43 Å². The fourth-order valence-electron chi connectivity index (χ4n) is 1.50. The van der Waals surface area contributed by atoms with Crippen LogP contribution in [-0.4, -0.2) is 36.7 Å². The predicted molar refractivity (Wildman–Crippen MR) is 70.4 cm³/mol. The summed E-state index contributed by atoms with van der Waals surface area (Å²) in [5, 5.41) is 21.6. The summed E-state index contributed by atoms with van der Waals surface area (Å²) in [5.41, 5.74) is 3.58. The maximum absolute atomic E-state index is 11.5. The van der Waals surface area contributed by atoms with Gasteiger partial charge in [0.05, 0.1) is 4.92 Å². The Hall–Kier alpha value is -2.98. The number of carbonyl (C=O) groups is 1. The van der Waals surface area contributed by atoms with Crippen LogP contribution in [-0.2, 0) is 4.74 Å². The maximum atomic E-state index is 11.5. The van der Waals surface area contributed by atoms with E-state index in [9.17, 15) is 14.9 Å². The number of rotatable bonds is 3. The molecule has 2 N–H and O–H groups in total. The number of hydrogen-bond donors (Lipinski definition) is 2. The van der Waals surface area contributed by atoms with Gasteiger partial charge in [-0.15, -0.1) is 5.10 Å². The van der Waals surface area contributed by atoms with Gasteiger partial charge in [-0.1, -0.05) is 0 Å². The minimum absolute atomic E-state index is 0.0353. The zero-order valence-electron chi connectivity index (χ0n) is 11.5. The quantitative estimate of drug-likeness (QED) is 0.629. The first-order chi connectivity index (χ1) is 9.78. The summed E-state index contributed by atoms with van der Waals surface area (Å²) in [5.74, 6) is 0. The summed E-state index contributed by atoms with van der Waals surface area (Å²) in [6.45, 7) is 5.09. The molecule has 0 saturated heterocycles. The summed E-state index contributed by atoms with van der Waals surface area (Å²) in [7, 11) is 0. The zero-order valence-corrected chi connectivity index (χ0v) is 11.5. The molecule has 2 rings (SSSR count). The van der Waals surface area contributed by atoms with Gasteiger partial charge in [0.1, 0.15) is 11.3 Å². The van der Waals surface area contributed by atoms with Crippen LogP contribution >= 0.6 is 0 Å². The minimum atomic E-state index is -0.767. The standard InChI is InChI=1S/C10H13N7O4/c1-10(2,3)21-9(18)13-11-6-4-5-16-8(12-14-15-16)7(6)17(19)20/h4-5,11H,1-3H3,(H,13,18). The van der Waals surface area contributed by atoms with Gasteiger partial charge in [-0.3, -0.25) is 15.5 Å². The van der Waals surface area contributed by atoms with Crippen molar-refractivity contribution < 1.29 is 14.5 Å². The Morgan fingerprint density at radius 3 is 2.81 bits per heavy atom. The molecule has 2 aromatic heterocycles. The molecule has 0 bridgehead atoms. The van der Waals surface area contributed by atoms with Crippen molar-refractivity contribution in [3.63, 3.8) is 0 Å². The minimum Gasteiger partial charge on any atom is -0.443 e. The lowest BCUT2D eigenvalue weighted by Crippen LogP contribution is -2.36. The molecule has 0 spiro atoms. The van der Waals surface area contributed by atoms with Crippen LogP contribution in [0.1, 0.15) is 20.8 Å². The van der Waals surface area contributed by atoms with E-state index in [1.807, 2.05) is 0 Å². The van der Waals surface area contributed by atoms with Gasteiger partial charge in [0.25, 0.3) is 5.65 Å². The van der Waals surface area contributed by atoms with Crippen LogP contribution in [0.3, 0.4) is 0 Å². The molecule has 0 radical (unpaired) electrons. The number of aromatic nitrogens is 4. The molecule has 0 aliphatic carbocycles. The molecule has 2 aromatic rings. The van der Waals surface area contributed by atoms with Crippen LogP contribution in [0.5, 0.6) is 0 Å². The van der Waals surface area contributed by atoms with Gasteiger partial charge < -0.3 is 4.74 Å². The summed E-state index contributed by atoms with van der Waals surface area (Å²) >= 11 is 0. The highest BCUT2D eigenvalue weighted by atomic mass is 16.6. The van der Waals surface area contributed by atoms with Gasteiger partial charge >= 0.3 is 11.8 Å². The van der Waals surface area contributed by atoms with Crippen molar-refractivity contribution >= 4 is 23.1 Å². The summed E-state index contributed by atoms with van der Waals surface area (Å²) in [4.78, 5) is 22.0. The number of fused-ring (bicyclic) bond motifs is 1. The third kappa shape index (κ3) is 3.32.